The number of hydrogen-bond acceptors (Lipinski definition) is 2. The highest BCUT2D eigenvalue weighted by Crippen LogP contribution is 2.50. The molecule has 0 aromatic carbocycles. The molecule has 1 amide bonds. The first-order chi connectivity index (χ1) is 5.12. The Hall–Kier alpha value is -0.570. The monoisotopic (exact) mass is 156 g/mol. The lowest BCUT2D eigenvalue weighted by Crippen LogP contribution is -2.39. The zero-order valence-corrected chi connectivity index (χ0v) is 7.26. The predicted octanol–water partition coefficient (Wildman–Crippen LogP) is 0.899. The number of nitrogens with zero attached hydrogens (tertiary/aromatic N) is 1. The third-order valence-electron chi connectivity index (χ3n) is 2.36. The van der Waals surface area contributed by atoms with Gasteiger partial charge in [-0.1, -0.05) is 13.3 Å². The molecule has 0 atom stereocenters. The van der Waals surface area contributed by atoms with Crippen LogP contribution in [0.5, 0.6) is 0 Å². The van der Waals surface area contributed by atoms with Crippen LogP contribution in [0.15, 0.2) is 0 Å². The van der Waals surface area contributed by atoms with Crippen molar-refractivity contribution >= 4 is 5.91 Å². The molecular formula is C8H16N2O. The summed E-state index contributed by atoms with van der Waals surface area (Å²) >= 11 is 0. The number of nitrogens with two attached hydrogens (primary N) is 1. The maximum Gasteiger partial charge on any atom is 0.242 e. The van der Waals surface area contributed by atoms with Gasteiger partial charge in [-0.3, -0.25) is 9.80 Å². The van der Waals surface area contributed by atoms with E-state index in [1.165, 1.54) is 5.01 Å². The molecule has 0 saturated heterocycles. The molecule has 0 spiro atoms. The minimum atomic E-state index is -0.0573. The molecule has 0 unspecified atom stereocenters. The van der Waals surface area contributed by atoms with Crippen LogP contribution >= 0.6 is 0 Å². The van der Waals surface area contributed by atoms with Crippen LogP contribution in [-0.4, -0.2) is 18.0 Å². The van der Waals surface area contributed by atoms with Crippen molar-refractivity contribution in [2.45, 2.75) is 32.6 Å². The molecule has 0 aliphatic heterocycles. The van der Waals surface area contributed by atoms with E-state index in [2.05, 4.69) is 6.92 Å². The Morgan fingerprint density at radius 2 is 2.18 bits per heavy atom. The summed E-state index contributed by atoms with van der Waals surface area (Å²) in [5, 5.41) is 1.22. The van der Waals surface area contributed by atoms with Crippen LogP contribution in [-0.2, 0) is 4.79 Å². The highest BCUT2D eigenvalue weighted by Gasteiger charge is 2.49. The van der Waals surface area contributed by atoms with Crippen molar-refractivity contribution in [1.29, 1.82) is 0 Å². The molecular weight excluding hydrogens is 140 g/mol. The molecule has 3 nitrogen and oxygen atoms in total. The van der Waals surface area contributed by atoms with Gasteiger partial charge in [0.2, 0.25) is 5.91 Å². The van der Waals surface area contributed by atoms with Crippen LogP contribution in [0.1, 0.15) is 32.6 Å². The average Bonchev–Trinajstić information content (AvgIpc) is 2.69. The van der Waals surface area contributed by atoms with Crippen LogP contribution in [0.4, 0.5) is 0 Å². The SMILES string of the molecule is CCCC1(C(=O)N(C)N)CC1. The van der Waals surface area contributed by atoms with Gasteiger partial charge >= 0.3 is 0 Å². The van der Waals surface area contributed by atoms with Gasteiger partial charge in [-0.15, -0.1) is 0 Å². The smallest absolute Gasteiger partial charge is 0.242 e. The number of hydrazine groups is 1. The molecule has 0 radical (unpaired) electrons. The molecule has 3 heteroatoms. The van der Waals surface area contributed by atoms with E-state index in [-0.39, 0.29) is 11.3 Å². The molecule has 2 N–H and O–H groups in total. The van der Waals surface area contributed by atoms with Gasteiger partial charge in [0.05, 0.1) is 5.41 Å². The first kappa shape index (κ1) is 8.53. The van der Waals surface area contributed by atoms with Gasteiger partial charge in [0.1, 0.15) is 0 Å². The van der Waals surface area contributed by atoms with Gasteiger partial charge in [0.25, 0.3) is 0 Å². The molecule has 0 aromatic rings. The Balaban J connectivity index is 2.51. The molecule has 1 fully saturated rings. The topological polar surface area (TPSA) is 46.3 Å². The summed E-state index contributed by atoms with van der Waals surface area (Å²) in [6, 6.07) is 0. The van der Waals surface area contributed by atoms with E-state index < -0.39 is 0 Å². The van der Waals surface area contributed by atoms with E-state index in [9.17, 15) is 4.79 Å². The number of rotatable bonds is 3. The van der Waals surface area contributed by atoms with Crippen molar-refractivity contribution in [2.24, 2.45) is 11.3 Å². The number of carbonyl (C=O) groups is 1. The Labute approximate surface area is 67.5 Å². The summed E-state index contributed by atoms with van der Waals surface area (Å²) in [5.41, 5.74) is -0.0573. The molecule has 0 bridgehead atoms. The largest absolute Gasteiger partial charge is 0.283 e. The second kappa shape index (κ2) is 2.81. The van der Waals surface area contributed by atoms with Crippen molar-refractivity contribution < 1.29 is 4.79 Å². The lowest BCUT2D eigenvalue weighted by molar-refractivity contribution is -0.136. The standard InChI is InChI=1S/C8H16N2O/c1-3-4-8(5-6-8)7(11)10(2)9/h3-6,9H2,1-2H3. The summed E-state index contributed by atoms with van der Waals surface area (Å²) in [6.45, 7) is 2.10. The summed E-state index contributed by atoms with van der Waals surface area (Å²) in [7, 11) is 1.62. The minimum absolute atomic E-state index is 0.0573. The van der Waals surface area contributed by atoms with Crippen molar-refractivity contribution in [2.75, 3.05) is 7.05 Å². The molecule has 0 heterocycles. The summed E-state index contributed by atoms with van der Waals surface area (Å²) in [4.78, 5) is 11.4. The van der Waals surface area contributed by atoms with Crippen LogP contribution < -0.4 is 5.84 Å². The lowest BCUT2D eigenvalue weighted by atomic mass is 10.00. The van der Waals surface area contributed by atoms with Crippen LogP contribution in [0.25, 0.3) is 0 Å². The molecule has 11 heavy (non-hydrogen) atoms. The first-order valence-corrected chi connectivity index (χ1v) is 4.15. The van der Waals surface area contributed by atoms with Gasteiger partial charge in [0.15, 0.2) is 0 Å². The summed E-state index contributed by atoms with van der Waals surface area (Å²) < 4.78 is 0. The number of hydrogen-bond donors (Lipinski definition) is 1. The molecule has 1 aliphatic rings. The van der Waals surface area contributed by atoms with Crippen molar-refractivity contribution in [3.05, 3.63) is 0 Å². The van der Waals surface area contributed by atoms with E-state index in [0.29, 0.717) is 0 Å². The Morgan fingerprint density at radius 1 is 1.64 bits per heavy atom. The fourth-order valence-corrected chi connectivity index (χ4v) is 1.57. The fraction of sp³-hybridized carbons (Fsp3) is 0.875. The maximum atomic E-state index is 11.4. The van der Waals surface area contributed by atoms with E-state index >= 15 is 0 Å². The van der Waals surface area contributed by atoms with Crippen molar-refractivity contribution in [3.8, 4) is 0 Å². The second-order valence-corrected chi connectivity index (χ2v) is 3.45. The van der Waals surface area contributed by atoms with Gasteiger partial charge in [0, 0.05) is 7.05 Å². The number of carbonyl (C=O) groups excluding carboxylic acids is 1. The second-order valence-electron chi connectivity index (χ2n) is 3.45. The number of amides is 1. The van der Waals surface area contributed by atoms with E-state index in [4.69, 9.17) is 5.84 Å². The minimum Gasteiger partial charge on any atom is -0.283 e. The summed E-state index contributed by atoms with van der Waals surface area (Å²) in [6.07, 6.45) is 4.12. The van der Waals surface area contributed by atoms with E-state index in [0.717, 1.165) is 25.7 Å². The van der Waals surface area contributed by atoms with Crippen LogP contribution in [0.3, 0.4) is 0 Å². The maximum absolute atomic E-state index is 11.4. The molecule has 1 rings (SSSR count). The zero-order chi connectivity index (χ0) is 8.48. The Morgan fingerprint density at radius 3 is 2.45 bits per heavy atom. The lowest BCUT2D eigenvalue weighted by Gasteiger charge is -2.17. The van der Waals surface area contributed by atoms with Crippen LogP contribution in [0.2, 0.25) is 0 Å². The fourth-order valence-electron chi connectivity index (χ4n) is 1.57. The molecule has 0 aromatic heterocycles. The predicted molar refractivity (Wildman–Crippen MR) is 43.5 cm³/mol. The van der Waals surface area contributed by atoms with Gasteiger partial charge < -0.3 is 0 Å². The van der Waals surface area contributed by atoms with Crippen molar-refractivity contribution in [1.82, 2.24) is 5.01 Å². The van der Waals surface area contributed by atoms with Gasteiger partial charge in [-0.25, -0.2) is 5.84 Å². The average molecular weight is 156 g/mol. The highest BCUT2D eigenvalue weighted by atomic mass is 16.2. The zero-order valence-electron chi connectivity index (χ0n) is 7.26. The molecule has 1 saturated carbocycles. The van der Waals surface area contributed by atoms with Crippen molar-refractivity contribution in [3.63, 3.8) is 0 Å². The molecule has 64 valence electrons. The molecule has 1 aliphatic carbocycles. The Kier molecular flexibility index (Phi) is 2.18. The Bertz CT molecular complexity index is 161. The van der Waals surface area contributed by atoms with Gasteiger partial charge in [-0.05, 0) is 19.3 Å². The normalized spacial score (nSPS) is 19.5. The quantitative estimate of drug-likeness (QED) is 0.375. The first-order valence-electron chi connectivity index (χ1n) is 4.15. The van der Waals surface area contributed by atoms with Gasteiger partial charge in [-0.2, -0.15) is 0 Å². The van der Waals surface area contributed by atoms with E-state index in [1.54, 1.807) is 7.05 Å². The summed E-state index contributed by atoms with van der Waals surface area (Å²) in [5.74, 6) is 5.49. The third kappa shape index (κ3) is 1.53. The van der Waals surface area contributed by atoms with E-state index in [1.807, 2.05) is 0 Å². The highest BCUT2D eigenvalue weighted by molar-refractivity contribution is 5.84. The van der Waals surface area contributed by atoms with Crippen LogP contribution in [0, 0.1) is 5.41 Å². The third-order valence-corrected chi connectivity index (χ3v) is 2.36.